The van der Waals surface area contributed by atoms with Crippen LogP contribution in [0, 0.1) is 0 Å². The van der Waals surface area contributed by atoms with E-state index in [-0.39, 0.29) is 4.90 Å². The van der Waals surface area contributed by atoms with E-state index in [1.165, 1.54) is 0 Å². The number of benzene rings is 1. The maximum atomic E-state index is 12.8. The predicted molar refractivity (Wildman–Crippen MR) is 71.7 cm³/mol. The van der Waals surface area contributed by atoms with E-state index >= 15 is 0 Å². The Morgan fingerprint density at radius 2 is 1.75 bits per heavy atom. The molecule has 24 heavy (non-hydrogen) atoms. The number of amides is 1. The van der Waals surface area contributed by atoms with E-state index in [1.807, 2.05) is 0 Å². The number of hydrogen-bond donors (Lipinski definition) is 0. The van der Waals surface area contributed by atoms with Gasteiger partial charge in [-0.15, -0.1) is 0 Å². The van der Waals surface area contributed by atoms with Crippen LogP contribution in [0.4, 0.5) is 32.0 Å². The molecule has 4 nitrogen and oxygen atoms in total. The molecular formula is C13H9F6NO3S. The molecule has 0 radical (unpaired) electrons. The Balaban J connectivity index is 2.52. The SMILES string of the molecule is O=C(N(c1cccc(C(F)(F)F)c1)[C@H]1C=CS(=O)(=O)C1)C(F)(F)F. The summed E-state index contributed by atoms with van der Waals surface area (Å²) in [7, 11) is -3.83. The molecule has 0 aromatic heterocycles. The van der Waals surface area contributed by atoms with Gasteiger partial charge < -0.3 is 0 Å². The maximum absolute atomic E-state index is 12.8. The fourth-order valence-electron chi connectivity index (χ4n) is 2.15. The molecule has 1 atom stereocenters. The summed E-state index contributed by atoms with van der Waals surface area (Å²) in [6.45, 7) is 0. The van der Waals surface area contributed by atoms with Crippen LogP contribution in [0.2, 0.25) is 0 Å². The summed E-state index contributed by atoms with van der Waals surface area (Å²) in [5.74, 6) is -3.29. The van der Waals surface area contributed by atoms with Crippen LogP contribution in [0.3, 0.4) is 0 Å². The topological polar surface area (TPSA) is 54.5 Å². The van der Waals surface area contributed by atoms with E-state index in [2.05, 4.69) is 0 Å². The van der Waals surface area contributed by atoms with Gasteiger partial charge in [-0.05, 0) is 24.3 Å². The van der Waals surface area contributed by atoms with Gasteiger partial charge in [0, 0.05) is 11.1 Å². The van der Waals surface area contributed by atoms with Gasteiger partial charge in [0.25, 0.3) is 0 Å². The first kappa shape index (κ1) is 18.3. The van der Waals surface area contributed by atoms with Crippen molar-refractivity contribution in [2.24, 2.45) is 0 Å². The van der Waals surface area contributed by atoms with Crippen LogP contribution < -0.4 is 4.90 Å². The third kappa shape index (κ3) is 3.89. The van der Waals surface area contributed by atoms with Crippen molar-refractivity contribution in [2.75, 3.05) is 10.7 Å². The average Bonchev–Trinajstić information content (AvgIpc) is 2.77. The van der Waals surface area contributed by atoms with E-state index < -0.39 is 51.1 Å². The number of carbonyl (C=O) groups excluding carboxylic acids is 1. The molecule has 1 amide bonds. The molecule has 132 valence electrons. The third-order valence-electron chi connectivity index (χ3n) is 3.16. The first-order chi connectivity index (χ1) is 10.8. The Bertz CT molecular complexity index is 782. The first-order valence-corrected chi connectivity index (χ1v) is 8.01. The molecule has 1 aromatic carbocycles. The summed E-state index contributed by atoms with van der Waals surface area (Å²) in [5.41, 5.74) is -1.95. The Morgan fingerprint density at radius 1 is 1.12 bits per heavy atom. The lowest BCUT2D eigenvalue weighted by atomic mass is 10.1. The average molecular weight is 373 g/mol. The quantitative estimate of drug-likeness (QED) is 0.749. The van der Waals surface area contributed by atoms with Gasteiger partial charge in [0.15, 0.2) is 9.84 Å². The molecule has 0 saturated carbocycles. The molecular weight excluding hydrogens is 364 g/mol. The van der Waals surface area contributed by atoms with Gasteiger partial charge in [-0.1, -0.05) is 6.07 Å². The van der Waals surface area contributed by atoms with Crippen LogP contribution in [-0.4, -0.2) is 32.3 Å². The van der Waals surface area contributed by atoms with Gasteiger partial charge in [-0.2, -0.15) is 26.3 Å². The molecule has 11 heteroatoms. The van der Waals surface area contributed by atoms with Gasteiger partial charge in [-0.25, -0.2) is 8.42 Å². The lowest BCUT2D eigenvalue weighted by molar-refractivity contribution is -0.170. The smallest absolute Gasteiger partial charge is 0.297 e. The molecule has 0 spiro atoms. The number of nitrogens with zero attached hydrogens (tertiary/aromatic N) is 1. The number of anilines is 1. The standard InChI is InChI=1S/C13H9F6NO3S/c14-12(15,16)8-2-1-3-9(6-8)20(11(21)13(17,18)19)10-4-5-24(22,23)7-10/h1-6,10H,7H2/t10-/m0/s1. The zero-order valence-electron chi connectivity index (χ0n) is 11.6. The summed E-state index contributed by atoms with van der Waals surface area (Å²) < 4.78 is 99.3. The fraction of sp³-hybridized carbons (Fsp3) is 0.308. The van der Waals surface area contributed by atoms with Crippen molar-refractivity contribution < 1.29 is 39.6 Å². The van der Waals surface area contributed by atoms with Gasteiger partial charge in [0.05, 0.1) is 17.4 Å². The van der Waals surface area contributed by atoms with Crippen molar-refractivity contribution >= 4 is 21.4 Å². The maximum Gasteiger partial charge on any atom is 0.471 e. The molecule has 0 N–H and O–H groups in total. The first-order valence-electron chi connectivity index (χ1n) is 6.30. The minimum atomic E-state index is -5.38. The predicted octanol–water partition coefficient (Wildman–Crippen LogP) is 2.91. The Hall–Kier alpha value is -2.04. The molecule has 1 aromatic rings. The molecule has 0 saturated heterocycles. The van der Waals surface area contributed by atoms with E-state index in [0.717, 1.165) is 18.2 Å². The van der Waals surface area contributed by atoms with Gasteiger partial charge in [0.2, 0.25) is 0 Å². The van der Waals surface area contributed by atoms with E-state index in [0.29, 0.717) is 17.5 Å². The number of halogens is 6. The van der Waals surface area contributed by atoms with Gasteiger partial charge >= 0.3 is 18.3 Å². The van der Waals surface area contributed by atoms with Crippen LogP contribution >= 0.6 is 0 Å². The highest BCUT2D eigenvalue weighted by atomic mass is 32.2. The van der Waals surface area contributed by atoms with Crippen molar-refractivity contribution in [1.82, 2.24) is 0 Å². The number of rotatable bonds is 2. The van der Waals surface area contributed by atoms with Gasteiger partial charge in [-0.3, -0.25) is 9.69 Å². The van der Waals surface area contributed by atoms with Crippen molar-refractivity contribution in [3.05, 3.63) is 41.3 Å². The van der Waals surface area contributed by atoms with E-state index in [1.54, 1.807) is 0 Å². The molecule has 1 aliphatic rings. The number of alkyl halides is 6. The minimum Gasteiger partial charge on any atom is -0.297 e. The zero-order chi connectivity index (χ0) is 18.3. The second-order valence-electron chi connectivity index (χ2n) is 4.95. The normalized spacial score (nSPS) is 20.2. The number of carbonyl (C=O) groups is 1. The minimum absolute atomic E-state index is 0.0102. The van der Waals surface area contributed by atoms with Crippen LogP contribution in [0.25, 0.3) is 0 Å². The summed E-state index contributed by atoms with van der Waals surface area (Å²) >= 11 is 0. The van der Waals surface area contributed by atoms with Crippen molar-refractivity contribution in [1.29, 1.82) is 0 Å². The Labute approximate surface area is 132 Å². The highest BCUT2D eigenvalue weighted by Gasteiger charge is 2.46. The molecule has 0 bridgehead atoms. The highest BCUT2D eigenvalue weighted by molar-refractivity contribution is 7.94. The molecule has 0 fully saturated rings. The lowest BCUT2D eigenvalue weighted by Crippen LogP contribution is -2.48. The number of sulfone groups is 1. The molecule has 1 heterocycles. The van der Waals surface area contributed by atoms with Gasteiger partial charge in [0.1, 0.15) is 0 Å². The number of hydrogen-bond acceptors (Lipinski definition) is 3. The van der Waals surface area contributed by atoms with Crippen LogP contribution in [0.15, 0.2) is 35.7 Å². The van der Waals surface area contributed by atoms with E-state index in [9.17, 15) is 39.6 Å². The second kappa shape index (κ2) is 5.80. The third-order valence-corrected chi connectivity index (χ3v) is 4.53. The van der Waals surface area contributed by atoms with Crippen LogP contribution in [-0.2, 0) is 20.8 Å². The lowest BCUT2D eigenvalue weighted by Gasteiger charge is -2.28. The molecule has 1 aliphatic heterocycles. The van der Waals surface area contributed by atoms with Crippen molar-refractivity contribution in [2.45, 2.75) is 18.4 Å². The molecule has 0 aliphatic carbocycles. The molecule has 0 unspecified atom stereocenters. The van der Waals surface area contributed by atoms with Crippen molar-refractivity contribution in [3.63, 3.8) is 0 Å². The Morgan fingerprint density at radius 3 is 2.21 bits per heavy atom. The molecule has 2 rings (SSSR count). The summed E-state index contributed by atoms with van der Waals surface area (Å²) in [6.07, 6.45) is -9.38. The summed E-state index contributed by atoms with van der Waals surface area (Å²) in [4.78, 5) is 11.6. The zero-order valence-corrected chi connectivity index (χ0v) is 12.4. The second-order valence-corrected chi connectivity index (χ2v) is 6.88. The summed E-state index contributed by atoms with van der Waals surface area (Å²) in [6, 6.07) is 1.15. The fourth-order valence-corrected chi connectivity index (χ4v) is 3.42. The van der Waals surface area contributed by atoms with E-state index in [4.69, 9.17) is 0 Å². The van der Waals surface area contributed by atoms with Crippen LogP contribution in [0.1, 0.15) is 5.56 Å². The highest BCUT2D eigenvalue weighted by Crippen LogP contribution is 2.34. The Kier molecular flexibility index (Phi) is 4.42. The largest absolute Gasteiger partial charge is 0.471 e. The summed E-state index contributed by atoms with van der Waals surface area (Å²) in [5, 5.41) is 0.627. The van der Waals surface area contributed by atoms with Crippen LogP contribution in [0.5, 0.6) is 0 Å². The monoisotopic (exact) mass is 373 g/mol. The van der Waals surface area contributed by atoms with Crippen molar-refractivity contribution in [3.8, 4) is 0 Å².